The Hall–Kier alpha value is -0.530. The van der Waals surface area contributed by atoms with E-state index < -0.39 is 0 Å². The van der Waals surface area contributed by atoms with E-state index in [0.29, 0.717) is 11.8 Å². The summed E-state index contributed by atoms with van der Waals surface area (Å²) in [4.78, 5) is 12.4. The van der Waals surface area contributed by atoms with Gasteiger partial charge in [-0.1, -0.05) is 19.3 Å². The third-order valence-corrected chi connectivity index (χ3v) is 4.24. The van der Waals surface area contributed by atoms with E-state index in [-0.39, 0.29) is 17.5 Å². The highest BCUT2D eigenvalue weighted by Crippen LogP contribution is 2.44. The molecule has 17 heavy (non-hydrogen) atoms. The van der Waals surface area contributed by atoms with Crippen LogP contribution in [0.3, 0.4) is 0 Å². The first-order valence-electron chi connectivity index (χ1n) is 7.20. The SMILES string of the molecule is CC(C)(C)OC(=O)C1C2CCCCC1CCC2. The molecule has 0 saturated heterocycles. The molecule has 2 rings (SSSR count). The molecule has 2 aliphatic carbocycles. The average Bonchev–Trinajstić information content (AvgIpc) is 2.32. The molecule has 0 N–H and O–H groups in total. The van der Waals surface area contributed by atoms with E-state index >= 15 is 0 Å². The molecule has 0 spiro atoms. The van der Waals surface area contributed by atoms with Crippen molar-refractivity contribution in [2.24, 2.45) is 17.8 Å². The molecule has 98 valence electrons. The van der Waals surface area contributed by atoms with Crippen molar-refractivity contribution in [1.82, 2.24) is 0 Å². The predicted octanol–water partition coefficient (Wildman–Crippen LogP) is 3.93. The zero-order valence-corrected chi connectivity index (χ0v) is 11.5. The lowest BCUT2D eigenvalue weighted by molar-refractivity contribution is -0.166. The van der Waals surface area contributed by atoms with Crippen LogP contribution in [0.1, 0.15) is 65.7 Å². The van der Waals surface area contributed by atoms with Crippen molar-refractivity contribution in [3.05, 3.63) is 0 Å². The van der Waals surface area contributed by atoms with Crippen molar-refractivity contribution in [2.75, 3.05) is 0 Å². The van der Waals surface area contributed by atoms with E-state index in [1.807, 2.05) is 20.8 Å². The second kappa shape index (κ2) is 4.99. The third-order valence-electron chi connectivity index (χ3n) is 4.24. The van der Waals surface area contributed by atoms with Crippen LogP contribution in [0, 0.1) is 17.8 Å². The molecule has 2 atom stereocenters. The lowest BCUT2D eigenvalue weighted by Gasteiger charge is -2.36. The number of fused-ring (bicyclic) bond motifs is 2. The summed E-state index contributed by atoms with van der Waals surface area (Å²) in [6.45, 7) is 5.91. The minimum absolute atomic E-state index is 0.0779. The van der Waals surface area contributed by atoms with E-state index in [1.54, 1.807) is 0 Å². The van der Waals surface area contributed by atoms with Gasteiger partial charge < -0.3 is 4.74 Å². The van der Waals surface area contributed by atoms with E-state index in [0.717, 1.165) is 0 Å². The fraction of sp³-hybridized carbons (Fsp3) is 0.933. The summed E-state index contributed by atoms with van der Waals surface area (Å²) in [5.74, 6) is 1.48. The van der Waals surface area contributed by atoms with Gasteiger partial charge in [0.15, 0.2) is 0 Å². The minimum Gasteiger partial charge on any atom is -0.460 e. The number of hydrogen-bond acceptors (Lipinski definition) is 2. The van der Waals surface area contributed by atoms with Gasteiger partial charge in [0, 0.05) is 0 Å². The summed E-state index contributed by atoms with van der Waals surface area (Å²) >= 11 is 0. The van der Waals surface area contributed by atoms with Crippen LogP contribution in [0.5, 0.6) is 0 Å². The molecule has 0 heterocycles. The topological polar surface area (TPSA) is 26.3 Å². The Bertz CT molecular complexity index is 263. The second-order valence-corrected chi connectivity index (χ2v) is 6.79. The average molecular weight is 238 g/mol. The van der Waals surface area contributed by atoms with Gasteiger partial charge in [-0.2, -0.15) is 0 Å². The molecule has 0 aromatic rings. The van der Waals surface area contributed by atoms with Gasteiger partial charge in [0.25, 0.3) is 0 Å². The molecular formula is C15H26O2. The predicted molar refractivity (Wildman–Crippen MR) is 68.6 cm³/mol. The summed E-state index contributed by atoms with van der Waals surface area (Å²) in [6.07, 6.45) is 8.87. The Balaban J connectivity index is 2.08. The molecule has 0 aromatic carbocycles. The Kier molecular flexibility index (Phi) is 3.79. The summed E-state index contributed by atoms with van der Waals surface area (Å²) in [5.41, 5.74) is -0.336. The maximum absolute atomic E-state index is 12.4. The molecule has 2 saturated carbocycles. The van der Waals surface area contributed by atoms with Crippen molar-refractivity contribution in [3.63, 3.8) is 0 Å². The van der Waals surface area contributed by atoms with Crippen LogP contribution < -0.4 is 0 Å². The van der Waals surface area contributed by atoms with Crippen LogP contribution in [0.2, 0.25) is 0 Å². The van der Waals surface area contributed by atoms with Crippen LogP contribution in [0.25, 0.3) is 0 Å². The number of rotatable bonds is 1. The summed E-state index contributed by atoms with van der Waals surface area (Å²) in [6, 6.07) is 0. The minimum atomic E-state index is -0.336. The second-order valence-electron chi connectivity index (χ2n) is 6.79. The van der Waals surface area contributed by atoms with Gasteiger partial charge in [-0.3, -0.25) is 4.79 Å². The summed E-state index contributed by atoms with van der Waals surface area (Å²) in [5, 5.41) is 0. The molecule has 2 nitrogen and oxygen atoms in total. The maximum Gasteiger partial charge on any atom is 0.310 e. The van der Waals surface area contributed by atoms with Gasteiger partial charge in [-0.25, -0.2) is 0 Å². The lowest BCUT2D eigenvalue weighted by Crippen LogP contribution is -2.38. The highest BCUT2D eigenvalue weighted by molar-refractivity contribution is 5.73. The van der Waals surface area contributed by atoms with E-state index in [9.17, 15) is 4.79 Å². The molecular weight excluding hydrogens is 212 g/mol. The smallest absolute Gasteiger partial charge is 0.310 e. The van der Waals surface area contributed by atoms with Crippen LogP contribution in [-0.4, -0.2) is 11.6 Å². The molecule has 2 unspecified atom stereocenters. The Morgan fingerprint density at radius 1 is 0.941 bits per heavy atom. The lowest BCUT2D eigenvalue weighted by atomic mass is 9.71. The number of carbonyl (C=O) groups excluding carboxylic acids is 1. The Morgan fingerprint density at radius 3 is 1.88 bits per heavy atom. The van der Waals surface area contributed by atoms with E-state index in [4.69, 9.17) is 4.74 Å². The highest BCUT2D eigenvalue weighted by atomic mass is 16.6. The summed E-state index contributed by atoms with van der Waals surface area (Å²) in [7, 11) is 0. The summed E-state index contributed by atoms with van der Waals surface area (Å²) < 4.78 is 5.63. The first-order chi connectivity index (χ1) is 7.97. The number of esters is 1. The van der Waals surface area contributed by atoms with Crippen molar-refractivity contribution in [2.45, 2.75) is 71.3 Å². The Morgan fingerprint density at radius 2 is 1.41 bits per heavy atom. The highest BCUT2D eigenvalue weighted by Gasteiger charge is 2.41. The number of carbonyl (C=O) groups is 1. The molecule has 2 aliphatic rings. The molecule has 0 radical (unpaired) electrons. The first-order valence-corrected chi connectivity index (χ1v) is 7.20. The van der Waals surface area contributed by atoms with Gasteiger partial charge in [0.1, 0.15) is 5.60 Å². The number of ether oxygens (including phenoxy) is 1. The quantitative estimate of drug-likeness (QED) is 0.647. The van der Waals surface area contributed by atoms with E-state index in [1.165, 1.54) is 44.9 Å². The molecule has 0 aliphatic heterocycles. The normalized spacial score (nSPS) is 33.9. The molecule has 0 aromatic heterocycles. The van der Waals surface area contributed by atoms with E-state index in [2.05, 4.69) is 0 Å². The van der Waals surface area contributed by atoms with Crippen LogP contribution >= 0.6 is 0 Å². The zero-order chi connectivity index (χ0) is 12.5. The monoisotopic (exact) mass is 238 g/mol. The molecule has 0 amide bonds. The van der Waals surface area contributed by atoms with Crippen molar-refractivity contribution < 1.29 is 9.53 Å². The van der Waals surface area contributed by atoms with Gasteiger partial charge in [0.05, 0.1) is 5.92 Å². The number of hydrogen-bond donors (Lipinski definition) is 0. The van der Waals surface area contributed by atoms with Gasteiger partial charge in [0.2, 0.25) is 0 Å². The standard InChI is InChI=1S/C15H26O2/c1-15(2,3)17-14(16)13-11-7-4-5-8-12(13)10-6-9-11/h11-13H,4-10H2,1-3H3. The fourth-order valence-corrected chi connectivity index (χ4v) is 3.60. The van der Waals surface area contributed by atoms with Crippen LogP contribution in [-0.2, 0) is 9.53 Å². The largest absolute Gasteiger partial charge is 0.460 e. The van der Waals surface area contributed by atoms with Crippen LogP contribution in [0.15, 0.2) is 0 Å². The van der Waals surface area contributed by atoms with Crippen molar-refractivity contribution >= 4 is 5.97 Å². The Labute approximate surface area is 105 Å². The molecule has 2 bridgehead atoms. The first kappa shape index (κ1) is 12.9. The zero-order valence-electron chi connectivity index (χ0n) is 11.5. The molecule has 2 heteroatoms. The maximum atomic E-state index is 12.4. The van der Waals surface area contributed by atoms with Gasteiger partial charge in [-0.15, -0.1) is 0 Å². The van der Waals surface area contributed by atoms with Gasteiger partial charge in [-0.05, 0) is 58.3 Å². The van der Waals surface area contributed by atoms with Crippen molar-refractivity contribution in [1.29, 1.82) is 0 Å². The third kappa shape index (κ3) is 3.23. The van der Waals surface area contributed by atoms with Crippen molar-refractivity contribution in [3.8, 4) is 0 Å². The molecule has 2 fully saturated rings. The fourth-order valence-electron chi connectivity index (χ4n) is 3.60. The van der Waals surface area contributed by atoms with Gasteiger partial charge >= 0.3 is 5.97 Å². The van der Waals surface area contributed by atoms with Crippen LogP contribution in [0.4, 0.5) is 0 Å².